The minimum Gasteiger partial charge on any atom is -0.275 e. The summed E-state index contributed by atoms with van der Waals surface area (Å²) in [6.07, 6.45) is 0. The highest BCUT2D eigenvalue weighted by atomic mass is 79.9. The first-order valence-corrected chi connectivity index (χ1v) is 8.21. The van der Waals surface area contributed by atoms with E-state index in [1.807, 2.05) is 4.72 Å². The Morgan fingerprint density at radius 2 is 1.82 bits per heavy atom. The molecule has 0 aliphatic carbocycles. The summed E-state index contributed by atoms with van der Waals surface area (Å²) in [5, 5.41) is 8.74. The van der Waals surface area contributed by atoms with E-state index in [4.69, 9.17) is 5.26 Å². The normalized spacial score (nSPS) is 11.0. The van der Waals surface area contributed by atoms with Crippen LogP contribution in [0.25, 0.3) is 0 Å². The van der Waals surface area contributed by atoms with Gasteiger partial charge in [-0.2, -0.15) is 5.26 Å². The van der Waals surface area contributed by atoms with Crippen LogP contribution in [0.1, 0.15) is 11.1 Å². The van der Waals surface area contributed by atoms with Crippen molar-refractivity contribution in [3.05, 3.63) is 57.6 Å². The molecule has 2 aromatic carbocycles. The van der Waals surface area contributed by atoms with Crippen LogP contribution in [-0.2, 0) is 10.0 Å². The lowest BCUT2D eigenvalue weighted by Gasteiger charge is -2.12. The molecule has 0 bridgehead atoms. The molecule has 0 aliphatic heterocycles. The number of hydrogen-bond donors (Lipinski definition) is 1. The highest BCUT2D eigenvalue weighted by Crippen LogP contribution is 2.31. The molecular weight excluding hydrogens is 378 g/mol. The Morgan fingerprint density at radius 1 is 1.23 bits per heavy atom. The minimum absolute atomic E-state index is 0.0766. The van der Waals surface area contributed by atoms with Gasteiger partial charge in [-0.3, -0.25) is 4.72 Å². The molecule has 1 N–H and O–H groups in total. The van der Waals surface area contributed by atoms with E-state index in [0.717, 1.165) is 11.6 Å². The van der Waals surface area contributed by atoms with Gasteiger partial charge in [0.2, 0.25) is 0 Å². The number of benzene rings is 2. The van der Waals surface area contributed by atoms with Gasteiger partial charge in [-0.15, -0.1) is 0 Å². The minimum atomic E-state index is -4.06. The van der Waals surface area contributed by atoms with Gasteiger partial charge in [-0.25, -0.2) is 17.2 Å². The summed E-state index contributed by atoms with van der Waals surface area (Å²) in [6.45, 7) is 1.79. The summed E-state index contributed by atoms with van der Waals surface area (Å²) in [5.74, 6) is -2.35. The SMILES string of the molecule is Cc1ccc(S(=O)(=O)Nc2c(Br)cc(F)c(C#N)c2F)cc1. The average molecular weight is 387 g/mol. The van der Waals surface area contributed by atoms with Crippen LogP contribution < -0.4 is 4.72 Å². The second kappa shape index (κ2) is 6.02. The number of nitrogens with one attached hydrogen (secondary N) is 1. The number of nitrogens with zero attached hydrogens (tertiary/aromatic N) is 1. The van der Waals surface area contributed by atoms with Crippen molar-refractivity contribution in [1.29, 1.82) is 5.26 Å². The Balaban J connectivity index is 2.51. The fraction of sp³-hybridized carbons (Fsp3) is 0.0714. The molecule has 4 nitrogen and oxygen atoms in total. The van der Waals surface area contributed by atoms with E-state index in [-0.39, 0.29) is 9.37 Å². The molecule has 0 saturated carbocycles. The first-order valence-electron chi connectivity index (χ1n) is 5.93. The van der Waals surface area contributed by atoms with Crippen LogP contribution in [0.4, 0.5) is 14.5 Å². The Morgan fingerprint density at radius 3 is 2.36 bits per heavy atom. The Hall–Kier alpha value is -1.98. The fourth-order valence-corrected chi connectivity index (χ4v) is 3.38. The molecule has 114 valence electrons. The molecule has 2 aromatic rings. The summed E-state index contributed by atoms with van der Waals surface area (Å²) < 4.78 is 53.8. The number of aryl methyl sites for hydroxylation is 1. The Labute approximate surface area is 134 Å². The third kappa shape index (κ3) is 3.10. The summed E-state index contributed by atoms with van der Waals surface area (Å²) >= 11 is 2.88. The van der Waals surface area contributed by atoms with Crippen molar-refractivity contribution in [3.8, 4) is 6.07 Å². The smallest absolute Gasteiger partial charge is 0.262 e. The van der Waals surface area contributed by atoms with E-state index in [0.29, 0.717) is 0 Å². The lowest BCUT2D eigenvalue weighted by atomic mass is 10.2. The first kappa shape index (κ1) is 16.4. The van der Waals surface area contributed by atoms with Crippen LogP contribution in [0.3, 0.4) is 0 Å². The van der Waals surface area contributed by atoms with Gasteiger partial charge in [0.15, 0.2) is 5.82 Å². The molecule has 0 amide bonds. The van der Waals surface area contributed by atoms with Gasteiger partial charge in [-0.05, 0) is 41.1 Å². The molecule has 22 heavy (non-hydrogen) atoms. The largest absolute Gasteiger partial charge is 0.275 e. The molecule has 0 unspecified atom stereocenters. The molecule has 0 spiro atoms. The van der Waals surface area contributed by atoms with E-state index in [9.17, 15) is 17.2 Å². The summed E-state index contributed by atoms with van der Waals surface area (Å²) in [5.41, 5.74) is -0.511. The third-order valence-electron chi connectivity index (χ3n) is 2.85. The maximum Gasteiger partial charge on any atom is 0.262 e. The van der Waals surface area contributed by atoms with Gasteiger partial charge in [-0.1, -0.05) is 17.7 Å². The number of hydrogen-bond acceptors (Lipinski definition) is 3. The van der Waals surface area contributed by atoms with Gasteiger partial charge in [0.25, 0.3) is 10.0 Å². The lowest BCUT2D eigenvalue weighted by molar-refractivity contribution is 0.576. The zero-order valence-corrected chi connectivity index (χ0v) is 13.6. The molecule has 0 radical (unpaired) electrons. The van der Waals surface area contributed by atoms with Crippen LogP contribution in [0.5, 0.6) is 0 Å². The summed E-state index contributed by atoms with van der Waals surface area (Å²) in [4.78, 5) is -0.0766. The van der Waals surface area contributed by atoms with Gasteiger partial charge in [0.05, 0.1) is 4.90 Å². The lowest BCUT2D eigenvalue weighted by Crippen LogP contribution is -2.15. The molecule has 8 heteroatoms. The molecular formula is C14H9BrF2N2O2S. The van der Waals surface area contributed by atoms with E-state index < -0.39 is 32.9 Å². The molecule has 0 saturated heterocycles. The van der Waals surface area contributed by atoms with Crippen molar-refractivity contribution in [2.45, 2.75) is 11.8 Å². The van der Waals surface area contributed by atoms with Crippen molar-refractivity contribution in [3.63, 3.8) is 0 Å². The first-order chi connectivity index (χ1) is 10.3. The fourth-order valence-electron chi connectivity index (χ4n) is 1.70. The monoisotopic (exact) mass is 386 g/mol. The van der Waals surface area contributed by atoms with Gasteiger partial charge >= 0.3 is 0 Å². The van der Waals surface area contributed by atoms with Crippen molar-refractivity contribution < 1.29 is 17.2 Å². The molecule has 0 heterocycles. The molecule has 0 fully saturated rings. The van der Waals surface area contributed by atoms with Crippen LogP contribution in [0.2, 0.25) is 0 Å². The summed E-state index contributed by atoms with van der Waals surface area (Å²) in [6, 6.07) is 8.08. The zero-order valence-electron chi connectivity index (χ0n) is 11.2. The van der Waals surface area contributed by atoms with E-state index in [2.05, 4.69) is 15.9 Å². The molecule has 0 aromatic heterocycles. The van der Waals surface area contributed by atoms with Crippen molar-refractivity contribution in [2.24, 2.45) is 0 Å². The van der Waals surface area contributed by atoms with Crippen LogP contribution in [0.15, 0.2) is 39.7 Å². The number of halogens is 3. The molecule has 2 rings (SSSR count). The quantitative estimate of drug-likeness (QED) is 0.873. The predicted molar refractivity (Wildman–Crippen MR) is 80.8 cm³/mol. The van der Waals surface area contributed by atoms with Gasteiger partial charge in [0, 0.05) is 4.47 Å². The van der Waals surface area contributed by atoms with E-state index in [1.165, 1.54) is 18.2 Å². The van der Waals surface area contributed by atoms with Gasteiger partial charge < -0.3 is 0 Å². The third-order valence-corrected chi connectivity index (χ3v) is 4.84. The van der Waals surface area contributed by atoms with Gasteiger partial charge in [0.1, 0.15) is 23.1 Å². The van der Waals surface area contributed by atoms with Crippen LogP contribution in [-0.4, -0.2) is 8.42 Å². The molecule has 0 atom stereocenters. The van der Waals surface area contributed by atoms with E-state index in [1.54, 1.807) is 19.1 Å². The predicted octanol–water partition coefficient (Wildman–Crippen LogP) is 3.71. The van der Waals surface area contributed by atoms with Crippen molar-refractivity contribution >= 4 is 31.6 Å². The van der Waals surface area contributed by atoms with Crippen LogP contribution in [0, 0.1) is 29.9 Å². The average Bonchev–Trinajstić information content (AvgIpc) is 2.44. The van der Waals surface area contributed by atoms with E-state index >= 15 is 0 Å². The highest BCUT2D eigenvalue weighted by Gasteiger charge is 2.22. The number of rotatable bonds is 3. The second-order valence-electron chi connectivity index (χ2n) is 4.43. The highest BCUT2D eigenvalue weighted by molar-refractivity contribution is 9.10. The van der Waals surface area contributed by atoms with Crippen LogP contribution >= 0.6 is 15.9 Å². The van der Waals surface area contributed by atoms with Crippen molar-refractivity contribution in [2.75, 3.05) is 4.72 Å². The maximum absolute atomic E-state index is 14.1. The molecule has 0 aliphatic rings. The Kier molecular flexibility index (Phi) is 4.49. The topological polar surface area (TPSA) is 70.0 Å². The summed E-state index contributed by atoms with van der Waals surface area (Å²) in [7, 11) is -4.06. The maximum atomic E-state index is 14.1. The standard InChI is InChI=1S/C14H9BrF2N2O2S/c1-8-2-4-9(5-3-8)22(20,21)19-14-11(15)6-12(16)10(7-18)13(14)17/h2-6,19H,1H3. The zero-order chi connectivity index (χ0) is 16.5. The second-order valence-corrected chi connectivity index (χ2v) is 6.97. The number of sulfonamides is 1. The Bertz CT molecular complexity index is 875. The number of nitriles is 1. The van der Waals surface area contributed by atoms with Crippen molar-refractivity contribution in [1.82, 2.24) is 0 Å². The number of anilines is 1.